The number of hydrogen-bond donors (Lipinski definition) is 2. The van der Waals surface area contributed by atoms with E-state index in [4.69, 9.17) is 4.55 Å². The summed E-state index contributed by atoms with van der Waals surface area (Å²) in [5.74, 6) is 0. The molecule has 1 N–H and O–H groups in total. The smallest absolute Gasteiger partial charge is 0.282 e. The van der Waals surface area contributed by atoms with Crippen LogP contribution in [-0.2, 0) is 20.8 Å². The minimum atomic E-state index is -4.38. The Morgan fingerprint density at radius 2 is 2.00 bits per heavy atom. The molecule has 0 heterocycles. The lowest BCUT2D eigenvalue weighted by Crippen LogP contribution is -1.98. The molecule has 0 unspecified atom stereocenters. The largest absolute Gasteiger partial charge is 0.295 e. The highest BCUT2D eigenvalue weighted by Gasteiger charge is 2.10. The molecular formula is C6H5O5S2. The molecule has 5 nitrogen and oxygen atoms in total. The Morgan fingerprint density at radius 1 is 1.38 bits per heavy atom. The maximum Gasteiger partial charge on any atom is 0.295 e. The van der Waals surface area contributed by atoms with E-state index in [0.717, 1.165) is 12.1 Å². The number of rotatable bonds is 2. The lowest BCUT2D eigenvalue weighted by atomic mass is 10.4. The Bertz CT molecular complexity index is 478. The highest BCUT2D eigenvalue weighted by molar-refractivity contribution is 7.85. The Morgan fingerprint density at radius 3 is 2.46 bits per heavy atom. The molecule has 0 saturated carbocycles. The van der Waals surface area contributed by atoms with E-state index in [2.05, 4.69) is 6.07 Å². The molecule has 0 atom stereocenters. The first kappa shape index (κ1) is 10.2. The lowest BCUT2D eigenvalue weighted by molar-refractivity contribution is 0.483. The van der Waals surface area contributed by atoms with E-state index in [-0.39, 0.29) is 4.90 Å². The molecule has 7 heteroatoms. The topological polar surface area (TPSA) is 88.5 Å². The van der Waals surface area contributed by atoms with E-state index in [0.29, 0.717) is 0 Å². The van der Waals surface area contributed by atoms with E-state index < -0.39 is 25.7 Å². The van der Waals surface area contributed by atoms with Crippen LogP contribution in [0.2, 0.25) is 0 Å². The number of hydrogen-bond acceptors (Lipinski definition) is 4. The van der Waals surface area contributed by atoms with Crippen LogP contribution >= 0.6 is 0 Å². The van der Waals surface area contributed by atoms with Crippen LogP contribution in [0.3, 0.4) is 0 Å². The zero-order chi connectivity index (χ0) is 10.1. The fourth-order valence-corrected chi connectivity index (χ4v) is 1.71. The Balaban J connectivity index is 3.37. The Hall–Kier alpha value is -0.920. The third-order valence-corrected chi connectivity index (χ3v) is 2.74. The number of benzene rings is 1. The van der Waals surface area contributed by atoms with Crippen molar-refractivity contribution in [2.24, 2.45) is 0 Å². The molecule has 0 saturated heterocycles. The lowest BCUT2D eigenvalue weighted by Gasteiger charge is -1.95. The average molecular weight is 221 g/mol. The minimum absolute atomic E-state index is 0.179. The van der Waals surface area contributed by atoms with Crippen molar-refractivity contribution in [3.05, 3.63) is 24.3 Å². The van der Waals surface area contributed by atoms with Gasteiger partial charge in [0.15, 0.2) is 10.7 Å². The molecular weight excluding hydrogens is 216 g/mol. The van der Waals surface area contributed by atoms with E-state index >= 15 is 0 Å². The van der Waals surface area contributed by atoms with E-state index in [1.807, 2.05) is 0 Å². The first-order valence-corrected chi connectivity index (χ1v) is 5.66. The van der Waals surface area contributed by atoms with Crippen molar-refractivity contribution in [3.63, 3.8) is 0 Å². The second-order valence-corrected chi connectivity index (χ2v) is 4.56. The SMILES string of the molecule is O=[SH](=O)c1cc[c]c(S(=O)(=O)O)c1. The molecule has 1 radical (unpaired) electrons. The molecule has 0 aromatic heterocycles. The van der Waals surface area contributed by atoms with Crippen LogP contribution in [0.25, 0.3) is 0 Å². The Kier molecular flexibility index (Phi) is 2.69. The summed E-state index contributed by atoms with van der Waals surface area (Å²) >= 11 is 0. The summed E-state index contributed by atoms with van der Waals surface area (Å²) < 4.78 is 50.5. The average Bonchev–Trinajstić information content (AvgIpc) is 2.03. The van der Waals surface area contributed by atoms with Crippen molar-refractivity contribution in [1.82, 2.24) is 0 Å². The van der Waals surface area contributed by atoms with Gasteiger partial charge in [-0.15, -0.1) is 0 Å². The molecule has 0 aliphatic heterocycles. The van der Waals surface area contributed by atoms with Gasteiger partial charge < -0.3 is 0 Å². The third-order valence-electron chi connectivity index (χ3n) is 1.25. The van der Waals surface area contributed by atoms with Gasteiger partial charge in [0.05, 0.1) is 4.90 Å². The Labute approximate surface area is 76.7 Å². The fourth-order valence-electron chi connectivity index (χ4n) is 0.696. The van der Waals surface area contributed by atoms with Crippen LogP contribution in [0, 0.1) is 6.07 Å². The molecule has 1 rings (SSSR count). The molecule has 71 valence electrons. The van der Waals surface area contributed by atoms with Crippen molar-refractivity contribution in [2.45, 2.75) is 9.79 Å². The van der Waals surface area contributed by atoms with Gasteiger partial charge in [0.25, 0.3) is 10.1 Å². The summed E-state index contributed by atoms with van der Waals surface area (Å²) in [6.45, 7) is 0. The van der Waals surface area contributed by atoms with Gasteiger partial charge in [0.1, 0.15) is 4.90 Å². The molecule has 0 fully saturated rings. The summed E-state index contributed by atoms with van der Waals surface area (Å²) in [6.07, 6.45) is 0. The minimum Gasteiger partial charge on any atom is -0.282 e. The first-order valence-electron chi connectivity index (χ1n) is 3.05. The monoisotopic (exact) mass is 221 g/mol. The highest BCUT2D eigenvalue weighted by atomic mass is 32.2. The zero-order valence-electron chi connectivity index (χ0n) is 6.17. The predicted octanol–water partition coefficient (Wildman–Crippen LogP) is -0.296. The van der Waals surface area contributed by atoms with Gasteiger partial charge in [-0.25, -0.2) is 8.42 Å². The standard InChI is InChI=1S/C6H5O5S2/c7-12(8)5-2-1-3-6(4-5)13(9,10)11/h1-2,4,12H,(H,9,10,11). The summed E-state index contributed by atoms with van der Waals surface area (Å²) in [6, 6.07) is 5.33. The van der Waals surface area contributed by atoms with Crippen LogP contribution in [0.1, 0.15) is 0 Å². The van der Waals surface area contributed by atoms with Gasteiger partial charge in [0, 0.05) is 6.07 Å². The highest BCUT2D eigenvalue weighted by Crippen LogP contribution is 2.10. The van der Waals surface area contributed by atoms with Gasteiger partial charge in [0.2, 0.25) is 0 Å². The van der Waals surface area contributed by atoms with Crippen molar-refractivity contribution < 1.29 is 21.4 Å². The van der Waals surface area contributed by atoms with Crippen molar-refractivity contribution >= 4 is 20.8 Å². The van der Waals surface area contributed by atoms with Crippen LogP contribution < -0.4 is 0 Å². The summed E-state index contributed by atoms with van der Waals surface area (Å²) in [5.41, 5.74) is 0. The third kappa shape index (κ3) is 2.51. The van der Waals surface area contributed by atoms with Gasteiger partial charge in [-0.2, -0.15) is 8.42 Å². The van der Waals surface area contributed by atoms with Gasteiger partial charge in [-0.1, -0.05) is 6.07 Å². The van der Waals surface area contributed by atoms with Crippen LogP contribution in [0.4, 0.5) is 0 Å². The van der Waals surface area contributed by atoms with Crippen molar-refractivity contribution in [2.75, 3.05) is 0 Å². The predicted molar refractivity (Wildman–Crippen MR) is 43.7 cm³/mol. The first-order chi connectivity index (χ1) is 5.91. The summed E-state index contributed by atoms with van der Waals surface area (Å²) in [4.78, 5) is -0.731. The van der Waals surface area contributed by atoms with Crippen LogP contribution in [0.5, 0.6) is 0 Å². The van der Waals surface area contributed by atoms with Crippen LogP contribution in [0.15, 0.2) is 28.0 Å². The van der Waals surface area contributed by atoms with Crippen LogP contribution in [-0.4, -0.2) is 21.4 Å². The molecule has 1 aromatic carbocycles. The molecule has 0 bridgehead atoms. The molecule has 13 heavy (non-hydrogen) atoms. The molecule has 0 aliphatic rings. The quantitative estimate of drug-likeness (QED) is 0.529. The van der Waals surface area contributed by atoms with Crippen molar-refractivity contribution in [1.29, 1.82) is 0 Å². The van der Waals surface area contributed by atoms with Gasteiger partial charge >= 0.3 is 0 Å². The maximum atomic E-state index is 10.5. The maximum absolute atomic E-state index is 10.5. The molecule has 1 aromatic rings. The van der Waals surface area contributed by atoms with E-state index in [1.165, 1.54) is 6.07 Å². The van der Waals surface area contributed by atoms with Gasteiger partial charge in [-0.3, -0.25) is 4.55 Å². The van der Waals surface area contributed by atoms with Crippen molar-refractivity contribution in [3.8, 4) is 0 Å². The second kappa shape index (κ2) is 3.44. The fraction of sp³-hybridized carbons (Fsp3) is 0. The number of thiol groups is 1. The molecule has 0 amide bonds. The summed E-state index contributed by atoms with van der Waals surface area (Å²) in [7, 11) is -7.24. The zero-order valence-corrected chi connectivity index (χ0v) is 7.88. The molecule has 0 aliphatic carbocycles. The summed E-state index contributed by atoms with van der Waals surface area (Å²) in [5, 5.41) is 0. The van der Waals surface area contributed by atoms with E-state index in [9.17, 15) is 16.8 Å². The molecule has 0 spiro atoms. The van der Waals surface area contributed by atoms with E-state index in [1.54, 1.807) is 0 Å². The van der Waals surface area contributed by atoms with Gasteiger partial charge in [-0.05, 0) is 12.1 Å². The normalized spacial score (nSPS) is 11.8. The second-order valence-electron chi connectivity index (χ2n) is 2.14.